The molecule has 0 bridgehead atoms. The van der Waals surface area contributed by atoms with Crippen LogP contribution in [-0.2, 0) is 14.4 Å². The average molecular weight is 539 g/mol. The highest BCUT2D eigenvalue weighted by Gasteiger charge is 2.24. The smallest absolute Gasteiger partial charge is 0.326 e. The van der Waals surface area contributed by atoms with Crippen molar-refractivity contribution in [2.75, 3.05) is 0 Å². The highest BCUT2D eigenvalue weighted by Crippen LogP contribution is 2.25. The third-order valence-electron chi connectivity index (χ3n) is 5.81. The molecule has 40 heavy (non-hydrogen) atoms. The predicted molar refractivity (Wildman–Crippen MR) is 147 cm³/mol. The molecule has 11 heteroatoms. The molecule has 4 rings (SSSR count). The van der Waals surface area contributed by atoms with Gasteiger partial charge in [0.05, 0.1) is 5.69 Å². The van der Waals surface area contributed by atoms with Crippen LogP contribution in [0.15, 0.2) is 97.1 Å². The monoisotopic (exact) mass is 538 g/mol. The number of pyridine rings is 1. The van der Waals surface area contributed by atoms with E-state index in [1.807, 2.05) is 30.3 Å². The van der Waals surface area contributed by atoms with Crippen LogP contribution >= 0.6 is 0 Å². The Morgan fingerprint density at radius 2 is 1.68 bits per heavy atom. The second kappa shape index (κ2) is 12.8. The summed E-state index contributed by atoms with van der Waals surface area (Å²) in [5, 5.41) is 19.2. The molecule has 0 aliphatic carbocycles. The SMILES string of the molecule is NC(=O)CCC(NC(=O)C(=Cc1cn(-c2ccccc2)nc1-c1cccnc1)NC(=O)c1ccccc1)C(=O)O. The lowest BCUT2D eigenvalue weighted by Gasteiger charge is -2.16. The Morgan fingerprint density at radius 3 is 2.30 bits per heavy atom. The number of benzene rings is 2. The number of carbonyl (C=O) groups excluding carboxylic acids is 3. The van der Waals surface area contributed by atoms with Crippen molar-refractivity contribution >= 4 is 29.8 Å². The molecule has 1 unspecified atom stereocenters. The zero-order chi connectivity index (χ0) is 28.5. The molecule has 5 N–H and O–H groups in total. The number of amides is 3. The fourth-order valence-corrected chi connectivity index (χ4v) is 3.81. The van der Waals surface area contributed by atoms with Gasteiger partial charge in [0.2, 0.25) is 5.91 Å². The van der Waals surface area contributed by atoms with Crippen molar-refractivity contribution in [3.8, 4) is 16.9 Å². The summed E-state index contributed by atoms with van der Waals surface area (Å²) < 4.78 is 1.62. The molecule has 0 aliphatic heterocycles. The van der Waals surface area contributed by atoms with Crippen LogP contribution in [0.1, 0.15) is 28.8 Å². The molecular weight excluding hydrogens is 512 g/mol. The maximum atomic E-state index is 13.4. The lowest BCUT2D eigenvalue weighted by Crippen LogP contribution is -2.44. The van der Waals surface area contributed by atoms with E-state index in [0.717, 1.165) is 5.69 Å². The van der Waals surface area contributed by atoms with Gasteiger partial charge in [0.15, 0.2) is 0 Å². The molecule has 11 nitrogen and oxygen atoms in total. The van der Waals surface area contributed by atoms with E-state index in [4.69, 9.17) is 5.73 Å². The van der Waals surface area contributed by atoms with Crippen LogP contribution < -0.4 is 16.4 Å². The van der Waals surface area contributed by atoms with Crippen LogP contribution in [0, 0.1) is 0 Å². The third kappa shape index (κ3) is 7.04. The van der Waals surface area contributed by atoms with E-state index >= 15 is 0 Å². The van der Waals surface area contributed by atoms with Gasteiger partial charge < -0.3 is 21.5 Å². The molecule has 3 amide bonds. The molecule has 0 fully saturated rings. The van der Waals surface area contributed by atoms with Gasteiger partial charge in [0, 0.05) is 41.7 Å². The highest BCUT2D eigenvalue weighted by atomic mass is 16.4. The summed E-state index contributed by atoms with van der Waals surface area (Å²) in [6.45, 7) is 0. The number of rotatable bonds is 11. The maximum Gasteiger partial charge on any atom is 0.326 e. The van der Waals surface area contributed by atoms with Crippen LogP contribution in [0.2, 0.25) is 0 Å². The van der Waals surface area contributed by atoms with Crippen molar-refractivity contribution in [3.63, 3.8) is 0 Å². The van der Waals surface area contributed by atoms with Crippen LogP contribution in [-0.4, -0.2) is 49.6 Å². The fraction of sp³-hybridized carbons (Fsp3) is 0.103. The molecule has 4 aromatic rings. The summed E-state index contributed by atoms with van der Waals surface area (Å²) in [7, 11) is 0. The van der Waals surface area contributed by atoms with Crippen molar-refractivity contribution in [3.05, 3.63) is 108 Å². The first-order chi connectivity index (χ1) is 19.3. The number of nitrogens with zero attached hydrogens (tertiary/aromatic N) is 3. The van der Waals surface area contributed by atoms with E-state index in [2.05, 4.69) is 20.7 Å². The lowest BCUT2D eigenvalue weighted by molar-refractivity contribution is -0.141. The first kappa shape index (κ1) is 27.5. The molecule has 0 spiro atoms. The standard InChI is InChI=1S/C29H26N6O5/c30-25(36)14-13-23(29(39)40)32-28(38)24(33-27(37)19-8-3-1-4-9-19)16-21-18-35(22-11-5-2-6-12-22)34-26(21)20-10-7-15-31-17-20/h1-12,15-18,23H,13-14H2,(H2,30,36)(H,32,38)(H,33,37)(H,39,40). The van der Waals surface area contributed by atoms with Gasteiger partial charge in [0.25, 0.3) is 11.8 Å². The van der Waals surface area contributed by atoms with Crippen LogP contribution in [0.4, 0.5) is 0 Å². The third-order valence-corrected chi connectivity index (χ3v) is 5.81. The molecule has 0 saturated heterocycles. The van der Waals surface area contributed by atoms with Gasteiger partial charge in [-0.3, -0.25) is 19.4 Å². The van der Waals surface area contributed by atoms with Crippen LogP contribution in [0.25, 0.3) is 23.0 Å². The number of aromatic nitrogens is 3. The summed E-state index contributed by atoms with van der Waals surface area (Å²) in [6.07, 6.45) is 5.86. The lowest BCUT2D eigenvalue weighted by atomic mass is 10.1. The Labute approximate surface area is 229 Å². The van der Waals surface area contributed by atoms with E-state index in [1.54, 1.807) is 65.7 Å². The molecular formula is C29H26N6O5. The molecule has 2 heterocycles. The highest BCUT2D eigenvalue weighted by molar-refractivity contribution is 6.06. The van der Waals surface area contributed by atoms with Crippen molar-refractivity contribution in [2.24, 2.45) is 5.73 Å². The van der Waals surface area contributed by atoms with Crippen molar-refractivity contribution in [1.82, 2.24) is 25.4 Å². The molecule has 1 atom stereocenters. The van der Waals surface area contributed by atoms with Crippen molar-refractivity contribution in [2.45, 2.75) is 18.9 Å². The first-order valence-corrected chi connectivity index (χ1v) is 12.3. The zero-order valence-corrected chi connectivity index (χ0v) is 21.2. The van der Waals surface area contributed by atoms with Gasteiger partial charge in [-0.1, -0.05) is 36.4 Å². The molecule has 0 aliphatic rings. The van der Waals surface area contributed by atoms with E-state index in [1.165, 1.54) is 6.08 Å². The summed E-state index contributed by atoms with van der Waals surface area (Å²) in [5.74, 6) is -3.51. The predicted octanol–water partition coefficient (Wildman–Crippen LogP) is 2.54. The number of carboxylic acid groups (broad SMARTS) is 1. The van der Waals surface area contributed by atoms with E-state index in [9.17, 15) is 24.3 Å². The largest absolute Gasteiger partial charge is 0.480 e. The second-order valence-corrected chi connectivity index (χ2v) is 8.70. The van der Waals surface area contributed by atoms with Gasteiger partial charge in [-0.25, -0.2) is 9.48 Å². The molecule has 2 aromatic heterocycles. The van der Waals surface area contributed by atoms with Crippen LogP contribution in [0.3, 0.4) is 0 Å². The number of carbonyl (C=O) groups is 4. The van der Waals surface area contributed by atoms with Gasteiger partial charge in [-0.15, -0.1) is 0 Å². The topological polar surface area (TPSA) is 169 Å². The summed E-state index contributed by atoms with van der Waals surface area (Å²) in [6, 6.07) is 19.7. The normalized spacial score (nSPS) is 11.8. The number of aliphatic carboxylic acids is 1. The molecule has 2 aromatic carbocycles. The van der Waals surface area contributed by atoms with Gasteiger partial charge >= 0.3 is 5.97 Å². The Bertz CT molecular complexity index is 1540. The Kier molecular flexibility index (Phi) is 8.77. The quantitative estimate of drug-likeness (QED) is 0.213. The van der Waals surface area contributed by atoms with E-state index < -0.39 is 29.7 Å². The molecule has 202 valence electrons. The minimum absolute atomic E-state index is 0.219. The number of primary amides is 1. The van der Waals surface area contributed by atoms with E-state index in [0.29, 0.717) is 16.8 Å². The summed E-state index contributed by atoms with van der Waals surface area (Å²) in [5.41, 5.74) is 7.56. The summed E-state index contributed by atoms with van der Waals surface area (Å²) >= 11 is 0. The molecule has 0 radical (unpaired) electrons. The zero-order valence-electron chi connectivity index (χ0n) is 21.2. The average Bonchev–Trinajstić information content (AvgIpc) is 3.39. The number of hydrogen-bond donors (Lipinski definition) is 4. The number of para-hydroxylation sites is 1. The van der Waals surface area contributed by atoms with Gasteiger partial charge in [-0.2, -0.15) is 5.10 Å². The summed E-state index contributed by atoms with van der Waals surface area (Å²) in [4.78, 5) is 53.6. The van der Waals surface area contributed by atoms with Crippen molar-refractivity contribution in [1.29, 1.82) is 0 Å². The second-order valence-electron chi connectivity index (χ2n) is 8.70. The van der Waals surface area contributed by atoms with Gasteiger partial charge in [-0.05, 0) is 48.9 Å². The Morgan fingerprint density at radius 1 is 0.975 bits per heavy atom. The van der Waals surface area contributed by atoms with E-state index in [-0.39, 0.29) is 24.1 Å². The van der Waals surface area contributed by atoms with Crippen molar-refractivity contribution < 1.29 is 24.3 Å². The van der Waals surface area contributed by atoms with Gasteiger partial charge in [0.1, 0.15) is 17.4 Å². The number of carboxylic acids is 1. The Hall–Kier alpha value is -5.58. The maximum absolute atomic E-state index is 13.4. The molecule has 0 saturated carbocycles. The Balaban J connectivity index is 1.77. The number of nitrogens with one attached hydrogen (secondary N) is 2. The van der Waals surface area contributed by atoms with Crippen LogP contribution in [0.5, 0.6) is 0 Å². The minimum Gasteiger partial charge on any atom is -0.480 e. The number of hydrogen-bond acceptors (Lipinski definition) is 6. The fourth-order valence-electron chi connectivity index (χ4n) is 3.81. The first-order valence-electron chi connectivity index (χ1n) is 12.3. The minimum atomic E-state index is -1.41. The number of nitrogens with two attached hydrogens (primary N) is 1.